The van der Waals surface area contributed by atoms with Crippen LogP contribution in [0, 0.1) is 0 Å². The third-order valence-electron chi connectivity index (χ3n) is 5.02. The van der Waals surface area contributed by atoms with Gasteiger partial charge in [0.15, 0.2) is 0 Å². The van der Waals surface area contributed by atoms with Crippen LogP contribution < -0.4 is 15.8 Å². The van der Waals surface area contributed by atoms with Gasteiger partial charge in [-0.15, -0.1) is 0 Å². The molecule has 1 aliphatic rings. The summed E-state index contributed by atoms with van der Waals surface area (Å²) in [4.78, 5) is 25.7. The number of carbonyl (C=O) groups is 2. The summed E-state index contributed by atoms with van der Waals surface area (Å²) in [7, 11) is 0. The second kappa shape index (κ2) is 10.2. The number of aliphatic hydroxyl groups is 2. The molecule has 1 saturated heterocycles. The van der Waals surface area contributed by atoms with E-state index in [-0.39, 0.29) is 37.9 Å². The molecule has 160 valence electrons. The maximum Gasteiger partial charge on any atom is 0.251 e. The van der Waals surface area contributed by atoms with E-state index in [0.717, 1.165) is 11.1 Å². The summed E-state index contributed by atoms with van der Waals surface area (Å²) < 4.78 is 5.59. The van der Waals surface area contributed by atoms with Gasteiger partial charge in [0.1, 0.15) is 5.75 Å². The Balaban J connectivity index is 1.40. The number of ether oxygens (including phenoxy) is 1. The van der Waals surface area contributed by atoms with Crippen LogP contribution in [0.2, 0.25) is 0 Å². The Labute approximate surface area is 175 Å². The molecule has 0 radical (unpaired) electrons. The largest absolute Gasteiger partial charge is 0.493 e. The first-order valence-corrected chi connectivity index (χ1v) is 9.89. The zero-order valence-electron chi connectivity index (χ0n) is 16.7. The SMILES string of the molecule is NCc1ccc(C(=O)NCc2ccc(OCCC(=O)N3CC(O)[C@@H](O)C3)cc2)cc1. The number of aliphatic hydroxyl groups excluding tert-OH is 2. The summed E-state index contributed by atoms with van der Waals surface area (Å²) in [6.45, 7) is 1.33. The molecule has 8 nitrogen and oxygen atoms in total. The van der Waals surface area contributed by atoms with Gasteiger partial charge in [-0.1, -0.05) is 24.3 Å². The number of β-amino-alcohol motifs (C(OH)–C–C–N with tert-alkyl or cyclic N) is 2. The molecule has 8 heteroatoms. The Morgan fingerprint density at radius 2 is 1.60 bits per heavy atom. The third-order valence-corrected chi connectivity index (χ3v) is 5.02. The lowest BCUT2D eigenvalue weighted by Crippen LogP contribution is -2.30. The summed E-state index contributed by atoms with van der Waals surface area (Å²) in [6, 6.07) is 14.4. The monoisotopic (exact) mass is 413 g/mol. The summed E-state index contributed by atoms with van der Waals surface area (Å²) in [6.07, 6.45) is -1.60. The first kappa shape index (κ1) is 21.8. The number of carbonyl (C=O) groups excluding carboxylic acids is 2. The van der Waals surface area contributed by atoms with Crippen molar-refractivity contribution in [2.75, 3.05) is 19.7 Å². The first-order chi connectivity index (χ1) is 14.5. The molecule has 30 heavy (non-hydrogen) atoms. The number of amides is 2. The van der Waals surface area contributed by atoms with Crippen LogP contribution in [0.3, 0.4) is 0 Å². The second-order valence-electron chi connectivity index (χ2n) is 7.26. The summed E-state index contributed by atoms with van der Waals surface area (Å²) in [5.41, 5.74) is 8.03. The normalized spacial score (nSPS) is 18.3. The standard InChI is InChI=1S/C22H27N3O5/c23-11-15-1-5-17(6-2-15)22(29)24-12-16-3-7-18(8-4-16)30-10-9-21(28)25-13-19(26)20(27)14-25/h1-8,19-20,26-27H,9-14,23H2,(H,24,29)/t19-,20?/m0/s1. The van der Waals surface area contributed by atoms with E-state index in [2.05, 4.69) is 5.32 Å². The maximum atomic E-state index is 12.2. The van der Waals surface area contributed by atoms with Gasteiger partial charge < -0.3 is 30.9 Å². The maximum absolute atomic E-state index is 12.2. The Morgan fingerprint density at radius 3 is 2.20 bits per heavy atom. The topological polar surface area (TPSA) is 125 Å². The first-order valence-electron chi connectivity index (χ1n) is 9.89. The molecular formula is C22H27N3O5. The number of hydrogen-bond donors (Lipinski definition) is 4. The molecule has 5 N–H and O–H groups in total. The number of likely N-dealkylation sites (tertiary alicyclic amines) is 1. The minimum atomic E-state index is -0.881. The molecule has 1 heterocycles. The van der Waals surface area contributed by atoms with Crippen molar-refractivity contribution in [3.63, 3.8) is 0 Å². The molecule has 0 aromatic heterocycles. The van der Waals surface area contributed by atoms with Crippen LogP contribution in [0.5, 0.6) is 5.75 Å². The highest BCUT2D eigenvalue weighted by Crippen LogP contribution is 2.14. The average molecular weight is 413 g/mol. The number of nitrogens with two attached hydrogens (primary N) is 1. The second-order valence-corrected chi connectivity index (χ2v) is 7.26. The van der Waals surface area contributed by atoms with Gasteiger partial charge in [0.25, 0.3) is 5.91 Å². The van der Waals surface area contributed by atoms with Crippen LogP contribution in [0.1, 0.15) is 27.9 Å². The smallest absolute Gasteiger partial charge is 0.251 e. The van der Waals surface area contributed by atoms with Gasteiger partial charge in [-0.05, 0) is 35.4 Å². The van der Waals surface area contributed by atoms with E-state index >= 15 is 0 Å². The van der Waals surface area contributed by atoms with Crippen molar-refractivity contribution in [3.05, 3.63) is 65.2 Å². The molecule has 0 saturated carbocycles. The van der Waals surface area contributed by atoms with E-state index in [9.17, 15) is 19.8 Å². The number of rotatable bonds is 8. The zero-order valence-corrected chi connectivity index (χ0v) is 16.7. The van der Waals surface area contributed by atoms with Crippen LogP contribution in [-0.4, -0.2) is 58.8 Å². The zero-order chi connectivity index (χ0) is 21.5. The average Bonchev–Trinajstić information content (AvgIpc) is 3.11. The Hall–Kier alpha value is -2.94. The molecule has 2 aromatic carbocycles. The quantitative estimate of drug-likeness (QED) is 0.497. The van der Waals surface area contributed by atoms with Gasteiger partial charge in [0.2, 0.25) is 5.91 Å². The highest BCUT2D eigenvalue weighted by Gasteiger charge is 2.32. The Kier molecular flexibility index (Phi) is 7.40. The van der Waals surface area contributed by atoms with Crippen LogP contribution in [-0.2, 0) is 17.9 Å². The summed E-state index contributed by atoms with van der Waals surface area (Å²) >= 11 is 0. The van der Waals surface area contributed by atoms with E-state index in [4.69, 9.17) is 10.5 Å². The molecule has 0 spiro atoms. The fourth-order valence-electron chi connectivity index (χ4n) is 3.17. The van der Waals surface area contributed by atoms with Gasteiger partial charge in [-0.2, -0.15) is 0 Å². The number of nitrogens with one attached hydrogen (secondary N) is 1. The van der Waals surface area contributed by atoms with E-state index in [1.165, 1.54) is 4.90 Å². The van der Waals surface area contributed by atoms with E-state index in [0.29, 0.717) is 24.4 Å². The molecule has 0 bridgehead atoms. The lowest BCUT2D eigenvalue weighted by molar-refractivity contribution is -0.131. The molecule has 2 atom stereocenters. The van der Waals surface area contributed by atoms with Crippen LogP contribution in [0.15, 0.2) is 48.5 Å². The molecule has 2 aromatic rings. The van der Waals surface area contributed by atoms with Crippen molar-refractivity contribution in [1.82, 2.24) is 10.2 Å². The highest BCUT2D eigenvalue weighted by atomic mass is 16.5. The fraction of sp³-hybridized carbons (Fsp3) is 0.364. The summed E-state index contributed by atoms with van der Waals surface area (Å²) in [5, 5.41) is 21.9. The molecule has 1 unspecified atom stereocenters. The van der Waals surface area contributed by atoms with Crippen molar-refractivity contribution in [3.8, 4) is 5.75 Å². The van der Waals surface area contributed by atoms with Crippen molar-refractivity contribution < 1.29 is 24.5 Å². The van der Waals surface area contributed by atoms with Gasteiger partial charge in [-0.3, -0.25) is 9.59 Å². The van der Waals surface area contributed by atoms with E-state index in [1.807, 2.05) is 24.3 Å². The minimum Gasteiger partial charge on any atom is -0.493 e. The van der Waals surface area contributed by atoms with Crippen LogP contribution in [0.4, 0.5) is 0 Å². The van der Waals surface area contributed by atoms with Crippen molar-refractivity contribution in [2.45, 2.75) is 31.7 Å². The number of nitrogens with zero attached hydrogens (tertiary/aromatic N) is 1. The molecule has 3 rings (SSSR count). The Bertz CT molecular complexity index is 844. The van der Waals surface area contributed by atoms with E-state index in [1.54, 1.807) is 24.3 Å². The van der Waals surface area contributed by atoms with Crippen molar-refractivity contribution in [2.24, 2.45) is 5.73 Å². The third kappa shape index (κ3) is 5.79. The molecule has 1 fully saturated rings. The molecule has 0 aliphatic carbocycles. The Morgan fingerprint density at radius 1 is 1.00 bits per heavy atom. The van der Waals surface area contributed by atoms with Crippen LogP contribution >= 0.6 is 0 Å². The van der Waals surface area contributed by atoms with Crippen molar-refractivity contribution in [1.29, 1.82) is 0 Å². The molecule has 2 amide bonds. The number of benzene rings is 2. The highest BCUT2D eigenvalue weighted by molar-refractivity contribution is 5.94. The predicted molar refractivity (Wildman–Crippen MR) is 111 cm³/mol. The molecular weight excluding hydrogens is 386 g/mol. The minimum absolute atomic E-state index is 0.150. The van der Waals surface area contributed by atoms with E-state index < -0.39 is 12.2 Å². The predicted octanol–water partition coefficient (Wildman–Crippen LogP) is 0.408. The van der Waals surface area contributed by atoms with Gasteiger partial charge in [0, 0.05) is 31.7 Å². The fourth-order valence-corrected chi connectivity index (χ4v) is 3.17. The lowest BCUT2D eigenvalue weighted by atomic mass is 10.1. The van der Waals surface area contributed by atoms with Gasteiger partial charge in [-0.25, -0.2) is 0 Å². The van der Waals surface area contributed by atoms with Gasteiger partial charge in [0.05, 0.1) is 25.2 Å². The van der Waals surface area contributed by atoms with Crippen LogP contribution in [0.25, 0.3) is 0 Å². The molecule has 1 aliphatic heterocycles. The summed E-state index contributed by atoms with van der Waals surface area (Å²) in [5.74, 6) is 0.302. The van der Waals surface area contributed by atoms with Gasteiger partial charge >= 0.3 is 0 Å². The lowest BCUT2D eigenvalue weighted by Gasteiger charge is -2.15. The number of hydrogen-bond acceptors (Lipinski definition) is 6. The van der Waals surface area contributed by atoms with Crippen molar-refractivity contribution >= 4 is 11.8 Å².